The molecule has 17 heavy (non-hydrogen) atoms. The maximum Gasteiger partial charge on any atom is 0.307 e. The van der Waals surface area contributed by atoms with Gasteiger partial charge in [0.05, 0.1) is 12.1 Å². The van der Waals surface area contributed by atoms with Gasteiger partial charge in [0.1, 0.15) is 11.4 Å². The molecule has 0 radical (unpaired) electrons. The Morgan fingerprint density at radius 1 is 1.24 bits per heavy atom. The average molecular weight is 271 g/mol. The molecular formula is C13H23N2S2+. The van der Waals surface area contributed by atoms with Gasteiger partial charge in [-0.25, -0.2) is 9.13 Å². The van der Waals surface area contributed by atoms with Crippen LogP contribution in [0.5, 0.6) is 0 Å². The summed E-state index contributed by atoms with van der Waals surface area (Å²) in [5.41, 5.74) is 2.64. The molecule has 0 spiro atoms. The first-order chi connectivity index (χ1) is 7.82. The number of rotatable bonds is 3. The number of thiocarbonyl (C=S) groups is 1. The number of hydrogen-bond donors (Lipinski definition) is 0. The first-order valence-electron chi connectivity index (χ1n) is 6.04. The van der Waals surface area contributed by atoms with Gasteiger partial charge in [0.15, 0.2) is 4.20 Å². The topological polar surface area (TPSA) is 8.81 Å². The Balaban J connectivity index is 3.60. The number of nitrogens with zero attached hydrogens (tertiary/aromatic N) is 2. The summed E-state index contributed by atoms with van der Waals surface area (Å²) >= 11 is 7.18. The molecule has 1 aromatic heterocycles. The van der Waals surface area contributed by atoms with Crippen molar-refractivity contribution in [2.24, 2.45) is 0 Å². The van der Waals surface area contributed by atoms with Gasteiger partial charge < -0.3 is 0 Å². The van der Waals surface area contributed by atoms with Crippen molar-refractivity contribution in [2.45, 2.75) is 53.6 Å². The largest absolute Gasteiger partial charge is 0.307 e. The summed E-state index contributed by atoms with van der Waals surface area (Å²) in [6, 6.07) is 0.877. The minimum Gasteiger partial charge on any atom is -0.224 e. The predicted octanol–water partition coefficient (Wildman–Crippen LogP) is 3.59. The zero-order chi connectivity index (χ0) is 13.3. The van der Waals surface area contributed by atoms with Gasteiger partial charge in [0.25, 0.3) is 0 Å². The second kappa shape index (κ2) is 5.53. The highest BCUT2D eigenvalue weighted by molar-refractivity contribution is 8.23. The quantitative estimate of drug-likeness (QED) is 0.613. The highest BCUT2D eigenvalue weighted by atomic mass is 32.2. The summed E-state index contributed by atoms with van der Waals surface area (Å²) in [6.45, 7) is 13.2. The fourth-order valence-corrected chi connectivity index (χ4v) is 2.91. The Bertz CT molecular complexity index is 400. The van der Waals surface area contributed by atoms with Gasteiger partial charge in [0.2, 0.25) is 0 Å². The molecule has 0 unspecified atom stereocenters. The molecule has 0 bridgehead atoms. The lowest BCUT2D eigenvalue weighted by molar-refractivity contribution is -0.722. The lowest BCUT2D eigenvalue weighted by Gasteiger charge is -2.10. The molecule has 1 aromatic rings. The summed E-state index contributed by atoms with van der Waals surface area (Å²) in [4.78, 5) is 0. The summed E-state index contributed by atoms with van der Waals surface area (Å²) in [5.74, 6) is 1.19. The van der Waals surface area contributed by atoms with Crippen LogP contribution >= 0.6 is 24.0 Å². The van der Waals surface area contributed by atoms with Gasteiger partial charge in [-0.3, -0.25) is 0 Å². The number of hydrogen-bond acceptors (Lipinski definition) is 2. The molecule has 96 valence electrons. The van der Waals surface area contributed by atoms with Gasteiger partial charge >= 0.3 is 5.82 Å². The molecule has 1 rings (SSSR count). The summed E-state index contributed by atoms with van der Waals surface area (Å²) in [6.07, 6.45) is 2.05. The maximum atomic E-state index is 5.53. The van der Waals surface area contributed by atoms with Crippen LogP contribution in [0.4, 0.5) is 0 Å². The third-order valence-corrected chi connectivity index (χ3v) is 4.34. The molecule has 1 heterocycles. The Morgan fingerprint density at radius 3 is 2.12 bits per heavy atom. The molecule has 4 heteroatoms. The molecule has 0 atom stereocenters. The molecular weight excluding hydrogens is 248 g/mol. The second-order valence-corrected chi connectivity index (χ2v) is 6.40. The van der Waals surface area contributed by atoms with Crippen molar-refractivity contribution in [3.63, 3.8) is 0 Å². The Labute approximate surface area is 114 Å². The van der Waals surface area contributed by atoms with Gasteiger partial charge in [-0.05, 0) is 34.0 Å². The molecule has 2 nitrogen and oxygen atoms in total. The van der Waals surface area contributed by atoms with Crippen molar-refractivity contribution in [1.29, 1.82) is 0 Å². The van der Waals surface area contributed by atoms with Gasteiger partial charge in [0, 0.05) is 13.8 Å². The van der Waals surface area contributed by atoms with Crippen molar-refractivity contribution in [3.8, 4) is 0 Å². The monoisotopic (exact) mass is 271 g/mol. The normalized spacial score (nSPS) is 11.6. The van der Waals surface area contributed by atoms with E-state index in [9.17, 15) is 0 Å². The molecule has 0 aromatic carbocycles. The zero-order valence-corrected chi connectivity index (χ0v) is 13.5. The van der Waals surface area contributed by atoms with Crippen LogP contribution in [0.1, 0.15) is 57.0 Å². The fourth-order valence-electron chi connectivity index (χ4n) is 2.33. The highest BCUT2D eigenvalue weighted by Crippen LogP contribution is 2.21. The van der Waals surface area contributed by atoms with Crippen LogP contribution in [0.25, 0.3) is 0 Å². The van der Waals surface area contributed by atoms with Gasteiger partial charge in [-0.2, -0.15) is 0 Å². The third kappa shape index (κ3) is 2.58. The molecule has 0 aliphatic rings. The molecule has 0 amide bonds. The Morgan fingerprint density at radius 2 is 1.76 bits per heavy atom. The molecule has 0 aliphatic heterocycles. The number of thioether (sulfide) groups is 1. The van der Waals surface area contributed by atoms with E-state index in [4.69, 9.17) is 12.2 Å². The van der Waals surface area contributed by atoms with E-state index in [2.05, 4.69) is 56.9 Å². The second-order valence-electron chi connectivity index (χ2n) is 4.91. The van der Waals surface area contributed by atoms with Crippen LogP contribution in [0.15, 0.2) is 0 Å². The molecule has 0 saturated carbocycles. The van der Waals surface area contributed by atoms with Crippen LogP contribution < -0.4 is 4.57 Å². The smallest absolute Gasteiger partial charge is 0.224 e. The number of imidazole rings is 1. The lowest BCUT2D eigenvalue weighted by atomic mass is 10.3. The minimum absolute atomic E-state index is 0.439. The molecule has 0 N–H and O–H groups in total. The van der Waals surface area contributed by atoms with E-state index in [1.165, 1.54) is 17.2 Å². The molecule has 0 fully saturated rings. The molecule has 0 aliphatic carbocycles. The van der Waals surface area contributed by atoms with E-state index in [1.807, 2.05) is 0 Å². The van der Waals surface area contributed by atoms with E-state index in [-0.39, 0.29) is 0 Å². The van der Waals surface area contributed by atoms with Crippen LogP contribution in [0, 0.1) is 13.8 Å². The summed E-state index contributed by atoms with van der Waals surface area (Å²) in [7, 11) is 0. The van der Waals surface area contributed by atoms with E-state index in [0.29, 0.717) is 12.1 Å². The Kier molecular flexibility index (Phi) is 4.78. The summed E-state index contributed by atoms with van der Waals surface area (Å²) < 4.78 is 5.69. The highest BCUT2D eigenvalue weighted by Gasteiger charge is 2.31. The summed E-state index contributed by atoms with van der Waals surface area (Å²) in [5, 5.41) is 0. The maximum absolute atomic E-state index is 5.53. The minimum atomic E-state index is 0.439. The Hall–Kier alpha value is -0.350. The van der Waals surface area contributed by atoms with Crippen LogP contribution in [0.2, 0.25) is 0 Å². The van der Waals surface area contributed by atoms with E-state index in [0.717, 1.165) is 4.20 Å². The van der Waals surface area contributed by atoms with E-state index >= 15 is 0 Å². The zero-order valence-electron chi connectivity index (χ0n) is 11.9. The van der Waals surface area contributed by atoms with Crippen LogP contribution in [-0.4, -0.2) is 15.0 Å². The lowest BCUT2D eigenvalue weighted by Crippen LogP contribution is -2.43. The van der Waals surface area contributed by atoms with E-state index < -0.39 is 0 Å². The van der Waals surface area contributed by atoms with Crippen molar-refractivity contribution in [1.82, 2.24) is 4.57 Å². The average Bonchev–Trinajstić information content (AvgIpc) is 2.50. The van der Waals surface area contributed by atoms with E-state index in [1.54, 1.807) is 11.8 Å². The first kappa shape index (κ1) is 14.7. The predicted molar refractivity (Wildman–Crippen MR) is 80.1 cm³/mol. The third-order valence-electron chi connectivity index (χ3n) is 3.10. The van der Waals surface area contributed by atoms with Crippen molar-refractivity contribution < 1.29 is 4.57 Å². The van der Waals surface area contributed by atoms with Crippen molar-refractivity contribution in [2.75, 3.05) is 6.26 Å². The fraction of sp³-hybridized carbons (Fsp3) is 0.692. The van der Waals surface area contributed by atoms with Crippen molar-refractivity contribution in [3.05, 3.63) is 17.2 Å². The SMILES string of the molecule is CSC(=S)c1n(C(C)C)c(C)c(C)[n+]1C(C)C. The standard InChI is InChI=1S/C13H23N2S2/c1-8(2)14-10(5)11(6)15(9(3)4)12(14)13(16)17-7/h8-9H,1-7H3/q+1. The van der Waals surface area contributed by atoms with Gasteiger partial charge in [-0.1, -0.05) is 12.2 Å². The van der Waals surface area contributed by atoms with Crippen LogP contribution in [-0.2, 0) is 0 Å². The number of aromatic nitrogens is 2. The van der Waals surface area contributed by atoms with Crippen LogP contribution in [0.3, 0.4) is 0 Å². The molecule has 0 saturated heterocycles. The first-order valence-corrected chi connectivity index (χ1v) is 7.67. The van der Waals surface area contributed by atoms with Gasteiger partial charge in [-0.15, -0.1) is 11.8 Å². The van der Waals surface area contributed by atoms with Crippen molar-refractivity contribution >= 4 is 28.2 Å².